The minimum atomic E-state index is -1.11. The third-order valence-corrected chi connectivity index (χ3v) is 7.50. The van der Waals surface area contributed by atoms with Gasteiger partial charge in [0.05, 0.1) is 0 Å². The Bertz CT molecular complexity index is 692. The lowest BCUT2D eigenvalue weighted by Crippen LogP contribution is -2.54. The molecule has 0 aromatic heterocycles. The topological polar surface area (TPSA) is 72.8 Å². The number of carbonyl (C=O) groups is 2. The SMILES string of the molecule is C[C@H]1C[C@H]2OC(=O)C3=CCC[C@@H]([C@]1(C)CCC1=C[C@@H](O)OC1=O)[C@]32C. The molecule has 0 spiro atoms. The van der Waals surface area contributed by atoms with Gasteiger partial charge in [0.15, 0.2) is 0 Å². The summed E-state index contributed by atoms with van der Waals surface area (Å²) in [5.74, 6) is 0.193. The zero-order valence-corrected chi connectivity index (χ0v) is 15.1. The predicted molar refractivity (Wildman–Crippen MR) is 90.1 cm³/mol. The predicted octanol–water partition coefficient (Wildman–Crippen LogP) is 2.88. The molecule has 0 radical (unpaired) electrons. The molecule has 136 valence electrons. The van der Waals surface area contributed by atoms with Gasteiger partial charge in [0.25, 0.3) is 0 Å². The van der Waals surface area contributed by atoms with Gasteiger partial charge in [0, 0.05) is 16.6 Å². The highest BCUT2D eigenvalue weighted by Crippen LogP contribution is 2.65. The van der Waals surface area contributed by atoms with Crippen molar-refractivity contribution in [3.8, 4) is 0 Å². The number of esters is 2. The summed E-state index contributed by atoms with van der Waals surface area (Å²) in [5, 5.41) is 9.48. The Kier molecular flexibility index (Phi) is 3.66. The number of aliphatic hydroxyl groups is 1. The monoisotopic (exact) mass is 346 g/mol. The Morgan fingerprint density at radius 2 is 2.00 bits per heavy atom. The lowest BCUT2D eigenvalue weighted by atomic mass is 9.46. The Hall–Kier alpha value is -1.62. The second-order valence-electron chi connectivity index (χ2n) is 8.55. The van der Waals surface area contributed by atoms with E-state index in [-0.39, 0.29) is 22.9 Å². The first kappa shape index (κ1) is 16.8. The van der Waals surface area contributed by atoms with Crippen molar-refractivity contribution in [2.45, 2.75) is 65.3 Å². The van der Waals surface area contributed by atoms with Crippen molar-refractivity contribution >= 4 is 11.9 Å². The van der Waals surface area contributed by atoms with E-state index in [0.717, 1.165) is 31.3 Å². The van der Waals surface area contributed by atoms with E-state index >= 15 is 0 Å². The summed E-state index contributed by atoms with van der Waals surface area (Å²) in [6.45, 7) is 6.72. The van der Waals surface area contributed by atoms with Crippen LogP contribution < -0.4 is 0 Å². The minimum Gasteiger partial charge on any atom is -0.458 e. The van der Waals surface area contributed by atoms with Gasteiger partial charge in [-0.1, -0.05) is 26.8 Å². The smallest absolute Gasteiger partial charge is 0.336 e. The number of rotatable bonds is 3. The second kappa shape index (κ2) is 5.44. The molecular formula is C20H26O5. The summed E-state index contributed by atoms with van der Waals surface area (Å²) in [5.41, 5.74) is 1.22. The molecule has 2 heterocycles. The third kappa shape index (κ3) is 2.24. The Balaban J connectivity index is 1.63. The Morgan fingerprint density at radius 1 is 1.24 bits per heavy atom. The lowest BCUT2D eigenvalue weighted by Gasteiger charge is -2.57. The number of carbonyl (C=O) groups excluding carboxylic acids is 2. The number of aliphatic hydroxyl groups excluding tert-OH is 1. The van der Waals surface area contributed by atoms with Crippen LogP contribution in [0.1, 0.15) is 52.9 Å². The fraction of sp³-hybridized carbons (Fsp3) is 0.700. The maximum absolute atomic E-state index is 12.3. The molecule has 0 aromatic rings. The Morgan fingerprint density at radius 3 is 2.68 bits per heavy atom. The Labute approximate surface area is 148 Å². The molecule has 4 aliphatic rings. The molecule has 1 N–H and O–H groups in total. The first-order valence-electron chi connectivity index (χ1n) is 9.28. The largest absolute Gasteiger partial charge is 0.458 e. The summed E-state index contributed by atoms with van der Waals surface area (Å²) in [4.78, 5) is 24.2. The van der Waals surface area contributed by atoms with Crippen molar-refractivity contribution in [1.82, 2.24) is 0 Å². The van der Waals surface area contributed by atoms with Crippen LogP contribution in [0.15, 0.2) is 23.3 Å². The van der Waals surface area contributed by atoms with Gasteiger partial charge in [-0.05, 0) is 55.4 Å². The standard InChI is InChI=1S/C20H26O5/c1-11-9-15-20(3)13(18(23)24-15)5-4-6-14(20)19(11,2)8-7-12-10-16(21)25-17(12)22/h5,10-11,14-16,21H,4,6-9H2,1-3H3/t11-,14-,15+,16-,19+,20-/m0/s1. The van der Waals surface area contributed by atoms with Crippen molar-refractivity contribution in [2.24, 2.45) is 22.7 Å². The quantitative estimate of drug-likeness (QED) is 0.796. The third-order valence-electron chi connectivity index (χ3n) is 7.50. The van der Waals surface area contributed by atoms with Gasteiger partial charge in [-0.2, -0.15) is 0 Å². The van der Waals surface area contributed by atoms with E-state index in [1.54, 1.807) is 0 Å². The van der Waals surface area contributed by atoms with Gasteiger partial charge >= 0.3 is 11.9 Å². The number of hydrogen-bond acceptors (Lipinski definition) is 5. The van der Waals surface area contributed by atoms with Crippen LogP contribution in [0, 0.1) is 22.7 Å². The molecule has 0 amide bonds. The molecule has 25 heavy (non-hydrogen) atoms. The average Bonchev–Trinajstić information content (AvgIpc) is 3.00. The van der Waals surface area contributed by atoms with Crippen LogP contribution in [0.25, 0.3) is 0 Å². The first-order valence-corrected chi connectivity index (χ1v) is 9.28. The number of allylic oxidation sites excluding steroid dienone is 1. The zero-order chi connectivity index (χ0) is 18.0. The number of ether oxygens (including phenoxy) is 2. The summed E-state index contributed by atoms with van der Waals surface area (Å²) in [6, 6.07) is 0. The second-order valence-corrected chi connectivity index (χ2v) is 8.55. The van der Waals surface area contributed by atoms with Crippen LogP contribution in [0.2, 0.25) is 0 Å². The van der Waals surface area contributed by atoms with Gasteiger partial charge in [0.1, 0.15) is 6.10 Å². The van der Waals surface area contributed by atoms with Gasteiger partial charge < -0.3 is 14.6 Å². The zero-order valence-electron chi connectivity index (χ0n) is 15.1. The summed E-state index contributed by atoms with van der Waals surface area (Å²) in [6.07, 6.45) is 6.70. The molecule has 2 aliphatic heterocycles. The number of hydrogen-bond donors (Lipinski definition) is 1. The minimum absolute atomic E-state index is 0.00734. The summed E-state index contributed by atoms with van der Waals surface area (Å²) in [7, 11) is 0. The highest BCUT2D eigenvalue weighted by molar-refractivity contribution is 5.93. The van der Waals surface area contributed by atoms with Crippen LogP contribution in [-0.4, -0.2) is 29.4 Å². The van der Waals surface area contributed by atoms with Gasteiger partial charge in [-0.3, -0.25) is 0 Å². The van der Waals surface area contributed by atoms with Crippen molar-refractivity contribution < 1.29 is 24.2 Å². The number of cyclic esters (lactones) is 1. The van der Waals surface area contributed by atoms with Gasteiger partial charge in [-0.15, -0.1) is 0 Å². The molecule has 2 fully saturated rings. The van der Waals surface area contributed by atoms with E-state index in [0.29, 0.717) is 23.8 Å². The molecule has 5 nitrogen and oxygen atoms in total. The maximum Gasteiger partial charge on any atom is 0.336 e. The van der Waals surface area contributed by atoms with E-state index in [1.807, 2.05) is 0 Å². The van der Waals surface area contributed by atoms with Crippen LogP contribution in [0.5, 0.6) is 0 Å². The molecule has 1 saturated heterocycles. The molecule has 2 aliphatic carbocycles. The molecule has 0 aromatic carbocycles. The van der Waals surface area contributed by atoms with Crippen molar-refractivity contribution in [1.29, 1.82) is 0 Å². The molecule has 5 heteroatoms. The van der Waals surface area contributed by atoms with Crippen LogP contribution >= 0.6 is 0 Å². The van der Waals surface area contributed by atoms with Crippen molar-refractivity contribution in [3.63, 3.8) is 0 Å². The first-order chi connectivity index (χ1) is 11.8. The molecule has 0 bridgehead atoms. The lowest BCUT2D eigenvalue weighted by molar-refractivity contribution is -0.152. The fourth-order valence-corrected chi connectivity index (χ4v) is 5.83. The maximum atomic E-state index is 12.3. The van der Waals surface area contributed by atoms with E-state index in [4.69, 9.17) is 9.47 Å². The summed E-state index contributed by atoms with van der Waals surface area (Å²) >= 11 is 0. The molecule has 4 rings (SSSR count). The van der Waals surface area contributed by atoms with Crippen molar-refractivity contribution in [3.05, 3.63) is 23.3 Å². The highest BCUT2D eigenvalue weighted by Gasteiger charge is 2.64. The van der Waals surface area contributed by atoms with Crippen LogP contribution in [0.4, 0.5) is 0 Å². The summed E-state index contributed by atoms with van der Waals surface area (Å²) < 4.78 is 10.5. The van der Waals surface area contributed by atoms with E-state index in [2.05, 4.69) is 26.8 Å². The van der Waals surface area contributed by atoms with E-state index < -0.39 is 12.3 Å². The molecule has 1 saturated carbocycles. The highest BCUT2D eigenvalue weighted by atomic mass is 16.6. The van der Waals surface area contributed by atoms with Crippen LogP contribution in [0.3, 0.4) is 0 Å². The average molecular weight is 346 g/mol. The van der Waals surface area contributed by atoms with Crippen molar-refractivity contribution in [2.75, 3.05) is 0 Å². The van der Waals surface area contributed by atoms with Crippen LogP contribution in [-0.2, 0) is 19.1 Å². The molecular weight excluding hydrogens is 320 g/mol. The van der Waals surface area contributed by atoms with E-state index in [9.17, 15) is 14.7 Å². The fourth-order valence-electron chi connectivity index (χ4n) is 5.83. The molecule has 0 unspecified atom stereocenters. The normalized spacial score (nSPS) is 45.4. The molecule has 6 atom stereocenters. The van der Waals surface area contributed by atoms with E-state index in [1.165, 1.54) is 6.08 Å². The van der Waals surface area contributed by atoms with Gasteiger partial charge in [-0.25, -0.2) is 9.59 Å². The van der Waals surface area contributed by atoms with Gasteiger partial charge in [0.2, 0.25) is 6.29 Å².